The van der Waals surface area contributed by atoms with Crippen molar-refractivity contribution in [2.75, 3.05) is 13.1 Å². The third-order valence-corrected chi connectivity index (χ3v) is 5.15. The minimum absolute atomic E-state index is 0.128. The summed E-state index contributed by atoms with van der Waals surface area (Å²) in [6.45, 7) is 0.590. The molecule has 138 valence electrons. The predicted molar refractivity (Wildman–Crippen MR) is 100 cm³/mol. The molecule has 27 heavy (non-hydrogen) atoms. The van der Waals surface area contributed by atoms with Gasteiger partial charge in [-0.3, -0.25) is 19.6 Å². The van der Waals surface area contributed by atoms with Crippen LogP contribution in [0, 0.1) is 5.92 Å². The van der Waals surface area contributed by atoms with Crippen LogP contribution < -0.4 is 5.56 Å². The zero-order chi connectivity index (χ0) is 19.0. The van der Waals surface area contributed by atoms with Gasteiger partial charge in [0.1, 0.15) is 5.56 Å². The number of nitrogens with zero attached hydrogens (tertiary/aromatic N) is 4. The van der Waals surface area contributed by atoms with Crippen molar-refractivity contribution >= 4 is 16.8 Å². The highest BCUT2D eigenvalue weighted by molar-refractivity contribution is 5.97. The highest BCUT2D eigenvalue weighted by Gasteiger charge is 2.35. The molecule has 3 aromatic rings. The zero-order valence-electron chi connectivity index (χ0n) is 14.9. The summed E-state index contributed by atoms with van der Waals surface area (Å²) in [6.07, 6.45) is 4.75. The standard InChI is InChI=1S/C20H20N4O3/c1-23-17-5-3-2-4-13(17)9-16(19(23)26)20(27)24-11-14(18(25)12-24)8-15-10-21-6-7-22-15/h2-7,9-10,14,18,25H,8,11-12H2,1H3/t14-,18-/m1/s1. The number of carbonyl (C=O) groups excluding carboxylic acids is 1. The second-order valence-electron chi connectivity index (χ2n) is 6.92. The van der Waals surface area contributed by atoms with Gasteiger partial charge < -0.3 is 14.6 Å². The molecule has 2 atom stereocenters. The summed E-state index contributed by atoms with van der Waals surface area (Å²) in [5.41, 5.74) is 1.35. The molecular weight excluding hydrogens is 344 g/mol. The summed E-state index contributed by atoms with van der Waals surface area (Å²) in [5, 5.41) is 11.2. The van der Waals surface area contributed by atoms with Gasteiger partial charge >= 0.3 is 0 Å². The summed E-state index contributed by atoms with van der Waals surface area (Å²) in [7, 11) is 1.66. The number of aliphatic hydroxyl groups excluding tert-OH is 1. The number of aromatic nitrogens is 3. The smallest absolute Gasteiger partial charge is 0.263 e. The van der Waals surface area contributed by atoms with Crippen molar-refractivity contribution in [2.24, 2.45) is 13.0 Å². The van der Waals surface area contributed by atoms with Crippen LogP contribution in [-0.2, 0) is 13.5 Å². The van der Waals surface area contributed by atoms with E-state index in [0.29, 0.717) is 13.0 Å². The molecule has 0 bridgehead atoms. The molecule has 1 aromatic carbocycles. The van der Waals surface area contributed by atoms with Crippen molar-refractivity contribution in [1.82, 2.24) is 19.4 Å². The summed E-state index contributed by atoms with van der Waals surface area (Å²) < 4.78 is 1.49. The van der Waals surface area contributed by atoms with E-state index in [1.54, 1.807) is 36.6 Å². The van der Waals surface area contributed by atoms with Gasteiger partial charge in [-0.15, -0.1) is 0 Å². The predicted octanol–water partition coefficient (Wildman–Crippen LogP) is 1.00. The minimum atomic E-state index is -0.653. The van der Waals surface area contributed by atoms with Gasteiger partial charge in [-0.25, -0.2) is 0 Å². The number of rotatable bonds is 3. The van der Waals surface area contributed by atoms with Crippen LogP contribution in [0.1, 0.15) is 16.1 Å². The van der Waals surface area contributed by atoms with Gasteiger partial charge in [0.15, 0.2) is 0 Å². The van der Waals surface area contributed by atoms with Crippen LogP contribution >= 0.6 is 0 Å². The lowest BCUT2D eigenvalue weighted by molar-refractivity contribution is 0.0762. The zero-order valence-corrected chi connectivity index (χ0v) is 14.9. The Labute approximate surface area is 155 Å². The van der Waals surface area contributed by atoms with E-state index in [-0.39, 0.29) is 29.5 Å². The Morgan fingerprint density at radius 1 is 1.26 bits per heavy atom. The third-order valence-electron chi connectivity index (χ3n) is 5.15. The van der Waals surface area contributed by atoms with Crippen molar-refractivity contribution in [2.45, 2.75) is 12.5 Å². The molecule has 2 aromatic heterocycles. The maximum atomic E-state index is 13.0. The molecule has 0 radical (unpaired) electrons. The molecule has 1 aliphatic rings. The van der Waals surface area contributed by atoms with Gasteiger partial charge in [0.05, 0.1) is 17.3 Å². The van der Waals surface area contributed by atoms with Crippen LogP contribution in [0.25, 0.3) is 10.9 Å². The van der Waals surface area contributed by atoms with Crippen molar-refractivity contribution in [3.8, 4) is 0 Å². The molecular formula is C20H20N4O3. The van der Waals surface area contributed by atoms with Crippen LogP contribution in [0.15, 0.2) is 53.7 Å². The molecule has 0 saturated carbocycles. The molecule has 1 aliphatic heterocycles. The molecule has 1 amide bonds. The van der Waals surface area contributed by atoms with Crippen molar-refractivity contribution in [3.63, 3.8) is 0 Å². The van der Waals surface area contributed by atoms with Crippen LogP contribution in [0.2, 0.25) is 0 Å². The maximum absolute atomic E-state index is 13.0. The van der Waals surface area contributed by atoms with Gasteiger partial charge in [-0.1, -0.05) is 18.2 Å². The summed E-state index contributed by atoms with van der Waals surface area (Å²) in [4.78, 5) is 35.5. The Bertz CT molecular complexity index is 1050. The van der Waals surface area contributed by atoms with Gasteiger partial charge in [-0.05, 0) is 23.9 Å². The van der Waals surface area contributed by atoms with E-state index in [4.69, 9.17) is 0 Å². The number of para-hydroxylation sites is 1. The molecule has 0 unspecified atom stereocenters. The van der Waals surface area contributed by atoms with E-state index in [2.05, 4.69) is 9.97 Å². The minimum Gasteiger partial charge on any atom is -0.391 e. The molecule has 0 spiro atoms. The van der Waals surface area contributed by atoms with Crippen LogP contribution in [0.4, 0.5) is 0 Å². The largest absolute Gasteiger partial charge is 0.391 e. The number of hydrogen-bond donors (Lipinski definition) is 1. The first-order chi connectivity index (χ1) is 13.0. The van der Waals surface area contributed by atoms with Gasteiger partial charge in [0.2, 0.25) is 0 Å². The molecule has 7 heteroatoms. The Kier molecular flexibility index (Phi) is 4.45. The Hall–Kier alpha value is -3.06. The highest BCUT2D eigenvalue weighted by atomic mass is 16.3. The van der Waals surface area contributed by atoms with E-state index < -0.39 is 6.10 Å². The lowest BCUT2D eigenvalue weighted by Crippen LogP contribution is -2.35. The molecule has 4 rings (SSSR count). The van der Waals surface area contributed by atoms with Gasteiger partial charge in [0, 0.05) is 44.6 Å². The first-order valence-electron chi connectivity index (χ1n) is 8.85. The average Bonchev–Trinajstić information content (AvgIpc) is 3.05. The monoisotopic (exact) mass is 364 g/mol. The maximum Gasteiger partial charge on any atom is 0.263 e. The van der Waals surface area contributed by atoms with E-state index in [9.17, 15) is 14.7 Å². The van der Waals surface area contributed by atoms with E-state index in [1.807, 2.05) is 24.3 Å². The van der Waals surface area contributed by atoms with Crippen molar-refractivity contribution in [3.05, 3.63) is 70.5 Å². The second-order valence-corrected chi connectivity index (χ2v) is 6.92. The number of amides is 1. The number of β-amino-alcohol motifs (C(OH)–C–C–N with tert-alkyl or cyclic N) is 1. The summed E-state index contributed by atoms with van der Waals surface area (Å²) in [6, 6.07) is 9.10. The average molecular weight is 364 g/mol. The number of carbonyl (C=O) groups is 1. The first-order valence-corrected chi connectivity index (χ1v) is 8.85. The van der Waals surface area contributed by atoms with Gasteiger partial charge in [0.25, 0.3) is 11.5 Å². The molecule has 7 nitrogen and oxygen atoms in total. The Morgan fingerprint density at radius 2 is 2.07 bits per heavy atom. The quantitative estimate of drug-likeness (QED) is 0.749. The van der Waals surface area contributed by atoms with Crippen LogP contribution in [0.3, 0.4) is 0 Å². The molecule has 1 saturated heterocycles. The third kappa shape index (κ3) is 3.21. The van der Waals surface area contributed by atoms with Crippen LogP contribution in [0.5, 0.6) is 0 Å². The van der Waals surface area contributed by atoms with Crippen LogP contribution in [-0.4, -0.2) is 49.6 Å². The number of benzene rings is 1. The Morgan fingerprint density at radius 3 is 2.85 bits per heavy atom. The number of aryl methyl sites for hydroxylation is 1. The fourth-order valence-electron chi connectivity index (χ4n) is 3.67. The first kappa shape index (κ1) is 17.4. The topological polar surface area (TPSA) is 88.3 Å². The fraction of sp³-hybridized carbons (Fsp3) is 0.300. The van der Waals surface area contributed by atoms with Gasteiger partial charge in [-0.2, -0.15) is 0 Å². The molecule has 1 N–H and O–H groups in total. The molecule has 3 heterocycles. The van der Waals surface area contributed by atoms with E-state index >= 15 is 0 Å². The number of likely N-dealkylation sites (tertiary alicyclic amines) is 1. The molecule has 1 fully saturated rings. The highest BCUT2D eigenvalue weighted by Crippen LogP contribution is 2.22. The normalized spacial score (nSPS) is 19.6. The lowest BCUT2D eigenvalue weighted by Gasteiger charge is -2.17. The summed E-state index contributed by atoms with van der Waals surface area (Å²) in [5.74, 6) is -0.475. The molecule has 0 aliphatic carbocycles. The number of aliphatic hydroxyl groups is 1. The van der Waals surface area contributed by atoms with Crippen molar-refractivity contribution < 1.29 is 9.90 Å². The van der Waals surface area contributed by atoms with E-state index in [0.717, 1.165) is 16.6 Å². The fourth-order valence-corrected chi connectivity index (χ4v) is 3.67. The Balaban J connectivity index is 1.59. The SMILES string of the molecule is Cn1c(=O)c(C(=O)N2C[C@@H](Cc3cnccn3)[C@H](O)C2)cc2ccccc21. The number of pyridine rings is 1. The number of hydrogen-bond acceptors (Lipinski definition) is 5. The number of fused-ring (bicyclic) bond motifs is 1. The van der Waals surface area contributed by atoms with E-state index in [1.165, 1.54) is 4.57 Å². The second kappa shape index (κ2) is 6.92. The van der Waals surface area contributed by atoms with Crippen molar-refractivity contribution in [1.29, 1.82) is 0 Å². The summed E-state index contributed by atoms with van der Waals surface area (Å²) >= 11 is 0. The lowest BCUT2D eigenvalue weighted by atomic mass is 10.0.